The monoisotopic (exact) mass is 349 g/mol. The summed E-state index contributed by atoms with van der Waals surface area (Å²) in [7, 11) is 0. The van der Waals surface area contributed by atoms with Crippen molar-refractivity contribution in [1.29, 1.82) is 10.7 Å². The molecule has 0 saturated carbocycles. The highest BCUT2D eigenvalue weighted by atomic mass is 79.9. The minimum Gasteiger partial charge on any atom is -0.405 e. The van der Waals surface area contributed by atoms with Gasteiger partial charge in [-0.3, -0.25) is 10.8 Å². The molecule has 106 valence electrons. The van der Waals surface area contributed by atoms with Crippen LogP contribution >= 0.6 is 15.9 Å². The lowest BCUT2D eigenvalue weighted by Crippen LogP contribution is -2.22. The van der Waals surface area contributed by atoms with Crippen LogP contribution in [0.25, 0.3) is 0 Å². The Morgan fingerprint density at radius 1 is 1.50 bits per heavy atom. The molecule has 1 aromatic carbocycles. The molecule has 0 aromatic heterocycles. The molecular weight excluding hydrogens is 343 g/mol. The van der Waals surface area contributed by atoms with Crippen LogP contribution in [0.3, 0.4) is 0 Å². The summed E-state index contributed by atoms with van der Waals surface area (Å²) in [5, 5.41) is 19.2. The number of nitriles is 1. The molecule has 6 nitrogen and oxygen atoms in total. The first-order valence-electron chi connectivity index (χ1n) is 4.87. The molecule has 0 bridgehead atoms. The third-order valence-electron chi connectivity index (χ3n) is 1.84. The van der Waals surface area contributed by atoms with E-state index in [1.54, 1.807) is 6.07 Å². The molecule has 10 heteroatoms. The second-order valence-corrected chi connectivity index (χ2v) is 4.06. The van der Waals surface area contributed by atoms with Crippen LogP contribution < -0.4 is 15.9 Å². The van der Waals surface area contributed by atoms with Gasteiger partial charge in [-0.15, -0.1) is 13.2 Å². The first-order valence-corrected chi connectivity index (χ1v) is 5.66. The van der Waals surface area contributed by atoms with E-state index in [1.165, 1.54) is 12.1 Å². The van der Waals surface area contributed by atoms with Crippen molar-refractivity contribution in [2.75, 3.05) is 5.43 Å². The van der Waals surface area contributed by atoms with Crippen molar-refractivity contribution in [2.24, 2.45) is 10.8 Å². The van der Waals surface area contributed by atoms with E-state index in [-0.39, 0.29) is 10.2 Å². The Balaban J connectivity index is 3.01. The number of benzene rings is 1. The fraction of sp³-hybridized carbons (Fsp3) is 0.100. The lowest BCUT2D eigenvalue weighted by atomic mass is 10.3. The number of nitrogens with zero attached hydrogens (tertiary/aromatic N) is 2. The molecular formula is C10H7BrF3N5O. The number of nitrogens with one attached hydrogen (secondary N) is 2. The summed E-state index contributed by atoms with van der Waals surface area (Å²) < 4.78 is 40.2. The Morgan fingerprint density at radius 2 is 2.15 bits per heavy atom. The average Bonchev–Trinajstić information content (AvgIpc) is 2.32. The third-order valence-corrected chi connectivity index (χ3v) is 2.66. The van der Waals surface area contributed by atoms with Gasteiger partial charge in [-0.1, -0.05) is 6.07 Å². The van der Waals surface area contributed by atoms with Crippen LogP contribution in [0.5, 0.6) is 5.75 Å². The van der Waals surface area contributed by atoms with E-state index < -0.39 is 23.7 Å². The van der Waals surface area contributed by atoms with Crippen LogP contribution in [0.1, 0.15) is 0 Å². The summed E-state index contributed by atoms with van der Waals surface area (Å²) in [6.07, 6.45) is -4.83. The van der Waals surface area contributed by atoms with Gasteiger partial charge in [0.15, 0.2) is 5.84 Å². The Kier molecular flexibility index (Phi) is 4.93. The number of hydrogen-bond acceptors (Lipinski definition) is 5. The quantitative estimate of drug-likeness (QED) is 0.441. The van der Waals surface area contributed by atoms with Crippen LogP contribution in [0.2, 0.25) is 0 Å². The summed E-state index contributed by atoms with van der Waals surface area (Å²) >= 11 is 2.92. The number of anilines is 1. The molecule has 0 radical (unpaired) electrons. The summed E-state index contributed by atoms with van der Waals surface area (Å²) in [5.41, 5.74) is 7.10. The second-order valence-electron chi connectivity index (χ2n) is 3.26. The molecule has 0 fully saturated rings. The molecule has 1 rings (SSSR count). The van der Waals surface area contributed by atoms with Crippen LogP contribution in [0, 0.1) is 16.7 Å². The van der Waals surface area contributed by atoms with Gasteiger partial charge in [-0.25, -0.2) is 0 Å². The Bertz CT molecular complexity index is 594. The lowest BCUT2D eigenvalue weighted by molar-refractivity contribution is -0.274. The van der Waals surface area contributed by atoms with E-state index >= 15 is 0 Å². The predicted octanol–water partition coefficient (Wildman–Crippen LogP) is 2.58. The van der Waals surface area contributed by atoms with Crippen molar-refractivity contribution < 1.29 is 17.9 Å². The van der Waals surface area contributed by atoms with Crippen molar-refractivity contribution in [1.82, 2.24) is 0 Å². The van der Waals surface area contributed by atoms with E-state index in [9.17, 15) is 13.2 Å². The maximum absolute atomic E-state index is 12.1. The minimum absolute atomic E-state index is 0.0399. The maximum Gasteiger partial charge on any atom is 0.573 e. The van der Waals surface area contributed by atoms with Gasteiger partial charge in [0.25, 0.3) is 0 Å². The SMILES string of the molecule is N#C/C(=N\Nc1cccc(OC(F)(F)F)c1Br)C(=N)N. The maximum atomic E-state index is 12.1. The number of hydrogen-bond donors (Lipinski definition) is 3. The van der Waals surface area contributed by atoms with Crippen LogP contribution in [-0.4, -0.2) is 17.9 Å². The first-order chi connectivity index (χ1) is 9.24. The molecule has 0 aliphatic heterocycles. The van der Waals surface area contributed by atoms with Gasteiger partial charge in [-0.05, 0) is 28.1 Å². The number of nitrogens with two attached hydrogens (primary N) is 1. The minimum atomic E-state index is -4.83. The van der Waals surface area contributed by atoms with Gasteiger partial charge in [0, 0.05) is 0 Å². The van der Waals surface area contributed by atoms with Crippen molar-refractivity contribution in [3.63, 3.8) is 0 Å². The van der Waals surface area contributed by atoms with Gasteiger partial charge in [-0.2, -0.15) is 10.4 Å². The van der Waals surface area contributed by atoms with Crippen molar-refractivity contribution in [3.05, 3.63) is 22.7 Å². The molecule has 1 aromatic rings. The molecule has 20 heavy (non-hydrogen) atoms. The fourth-order valence-electron chi connectivity index (χ4n) is 1.06. The fourth-order valence-corrected chi connectivity index (χ4v) is 1.50. The van der Waals surface area contributed by atoms with Gasteiger partial charge in [0.2, 0.25) is 5.71 Å². The van der Waals surface area contributed by atoms with Crippen LogP contribution in [-0.2, 0) is 0 Å². The topological polar surface area (TPSA) is 107 Å². The lowest BCUT2D eigenvalue weighted by Gasteiger charge is -2.12. The molecule has 0 saturated heterocycles. The molecule has 0 aliphatic rings. The molecule has 0 heterocycles. The Morgan fingerprint density at radius 3 is 2.65 bits per heavy atom. The number of ether oxygens (including phenoxy) is 1. The Labute approximate surface area is 119 Å². The van der Waals surface area contributed by atoms with Crippen molar-refractivity contribution >= 4 is 33.2 Å². The summed E-state index contributed by atoms with van der Waals surface area (Å²) in [5.74, 6) is -1.04. The van der Waals surface area contributed by atoms with Gasteiger partial charge < -0.3 is 10.5 Å². The normalized spacial score (nSPS) is 11.7. The zero-order valence-electron chi connectivity index (χ0n) is 9.62. The third kappa shape index (κ3) is 4.43. The van der Waals surface area contributed by atoms with E-state index in [2.05, 4.69) is 31.2 Å². The number of rotatable bonds is 4. The summed E-state index contributed by atoms with van der Waals surface area (Å²) in [6, 6.07) is 5.35. The molecule has 0 unspecified atom stereocenters. The van der Waals surface area contributed by atoms with Crippen LogP contribution in [0.15, 0.2) is 27.8 Å². The van der Waals surface area contributed by atoms with Gasteiger partial charge in [0.05, 0.1) is 10.2 Å². The molecule has 0 atom stereocenters. The largest absolute Gasteiger partial charge is 0.573 e. The number of amidine groups is 1. The van der Waals surface area contributed by atoms with Gasteiger partial charge in [0.1, 0.15) is 11.8 Å². The van der Waals surface area contributed by atoms with Crippen molar-refractivity contribution in [3.8, 4) is 11.8 Å². The number of alkyl halides is 3. The molecule has 4 N–H and O–H groups in total. The summed E-state index contributed by atoms with van der Waals surface area (Å²) in [6.45, 7) is 0. The Hall–Kier alpha value is -2.28. The van der Waals surface area contributed by atoms with E-state index in [0.29, 0.717) is 0 Å². The zero-order chi connectivity index (χ0) is 15.3. The van der Waals surface area contributed by atoms with E-state index in [1.807, 2.05) is 0 Å². The highest BCUT2D eigenvalue weighted by Gasteiger charge is 2.32. The number of halogens is 4. The van der Waals surface area contributed by atoms with Crippen LogP contribution in [0.4, 0.5) is 18.9 Å². The number of hydrazone groups is 1. The highest BCUT2D eigenvalue weighted by molar-refractivity contribution is 9.10. The van der Waals surface area contributed by atoms with E-state index in [0.717, 1.165) is 6.07 Å². The van der Waals surface area contributed by atoms with Gasteiger partial charge >= 0.3 is 6.36 Å². The highest BCUT2D eigenvalue weighted by Crippen LogP contribution is 2.35. The van der Waals surface area contributed by atoms with E-state index in [4.69, 9.17) is 16.4 Å². The average molecular weight is 350 g/mol. The smallest absolute Gasteiger partial charge is 0.405 e. The first kappa shape index (κ1) is 15.8. The standard InChI is InChI=1S/C10H7BrF3N5O/c11-8-5(18-19-6(4-15)9(16)17)2-1-3-7(8)20-10(12,13)14/h1-3,18H,(H3,16,17)/b19-6+. The molecule has 0 spiro atoms. The molecule has 0 aliphatic carbocycles. The predicted molar refractivity (Wildman–Crippen MR) is 69.4 cm³/mol. The summed E-state index contributed by atoms with van der Waals surface area (Å²) in [4.78, 5) is 0. The zero-order valence-corrected chi connectivity index (χ0v) is 11.2. The van der Waals surface area contributed by atoms with Crippen molar-refractivity contribution in [2.45, 2.75) is 6.36 Å². The molecule has 0 amide bonds. The second kappa shape index (κ2) is 6.25.